The third-order valence-electron chi connectivity index (χ3n) is 4.61. The Kier molecular flexibility index (Phi) is 7.05. The molecular formula is C24H24N2O4. The smallest absolute Gasteiger partial charge is 0.255 e. The van der Waals surface area contributed by atoms with Gasteiger partial charge in [0.15, 0.2) is 0 Å². The van der Waals surface area contributed by atoms with Gasteiger partial charge >= 0.3 is 0 Å². The molecular weight excluding hydrogens is 380 g/mol. The highest BCUT2D eigenvalue weighted by Crippen LogP contribution is 2.24. The van der Waals surface area contributed by atoms with Gasteiger partial charge in [0.1, 0.15) is 11.5 Å². The van der Waals surface area contributed by atoms with Crippen LogP contribution >= 0.6 is 0 Å². The predicted octanol–water partition coefficient (Wildman–Crippen LogP) is 3.93. The quantitative estimate of drug-likeness (QED) is 0.596. The number of rotatable bonds is 8. The molecule has 6 nitrogen and oxygen atoms in total. The Balaban J connectivity index is 1.54. The molecule has 0 aliphatic rings. The minimum atomic E-state index is -0.194. The van der Waals surface area contributed by atoms with Gasteiger partial charge in [-0.05, 0) is 66.6 Å². The van der Waals surface area contributed by atoms with E-state index >= 15 is 0 Å². The van der Waals surface area contributed by atoms with Gasteiger partial charge in [0.05, 0.1) is 14.2 Å². The Morgan fingerprint density at radius 2 is 1.50 bits per heavy atom. The van der Waals surface area contributed by atoms with Crippen molar-refractivity contribution in [2.75, 3.05) is 26.1 Å². The average molecular weight is 404 g/mol. The normalized spacial score (nSPS) is 10.2. The molecule has 0 spiro atoms. The van der Waals surface area contributed by atoms with Crippen LogP contribution in [0.3, 0.4) is 0 Å². The van der Waals surface area contributed by atoms with Gasteiger partial charge in [-0.2, -0.15) is 0 Å². The summed E-state index contributed by atoms with van der Waals surface area (Å²) in [6.45, 7) is 0.453. The molecule has 0 saturated heterocycles. The molecule has 3 rings (SSSR count). The van der Waals surface area contributed by atoms with Crippen LogP contribution in [0.2, 0.25) is 0 Å². The first-order chi connectivity index (χ1) is 14.6. The van der Waals surface area contributed by atoms with E-state index in [0.717, 1.165) is 17.1 Å². The maximum atomic E-state index is 12.4. The second-order valence-electron chi connectivity index (χ2n) is 6.58. The van der Waals surface area contributed by atoms with Crippen molar-refractivity contribution in [2.45, 2.75) is 6.42 Å². The van der Waals surface area contributed by atoms with Gasteiger partial charge in [-0.25, -0.2) is 0 Å². The summed E-state index contributed by atoms with van der Waals surface area (Å²) in [6.07, 6.45) is 0.608. The molecule has 0 bridgehead atoms. The van der Waals surface area contributed by atoms with Crippen LogP contribution in [0.15, 0.2) is 72.8 Å². The van der Waals surface area contributed by atoms with Crippen LogP contribution in [0.4, 0.5) is 5.69 Å². The summed E-state index contributed by atoms with van der Waals surface area (Å²) in [7, 11) is 3.22. The highest BCUT2D eigenvalue weighted by atomic mass is 16.5. The SMILES string of the molecule is COc1ccc(OC)c(CCNC(=O)c2ccc(NC(=O)c3ccccc3)cc2)c1. The fourth-order valence-corrected chi connectivity index (χ4v) is 2.99. The summed E-state index contributed by atoms with van der Waals surface area (Å²) < 4.78 is 10.6. The molecule has 2 amide bonds. The minimum absolute atomic E-state index is 0.183. The second kappa shape index (κ2) is 10.1. The van der Waals surface area contributed by atoms with Crippen molar-refractivity contribution in [1.29, 1.82) is 0 Å². The third-order valence-corrected chi connectivity index (χ3v) is 4.61. The lowest BCUT2D eigenvalue weighted by atomic mass is 10.1. The number of carbonyl (C=O) groups is 2. The number of anilines is 1. The predicted molar refractivity (Wildman–Crippen MR) is 116 cm³/mol. The van der Waals surface area contributed by atoms with Crippen molar-refractivity contribution < 1.29 is 19.1 Å². The van der Waals surface area contributed by atoms with E-state index in [-0.39, 0.29) is 11.8 Å². The molecule has 6 heteroatoms. The molecule has 0 aromatic heterocycles. The number of benzene rings is 3. The Labute approximate surface area is 175 Å². The number of ether oxygens (including phenoxy) is 2. The molecule has 154 valence electrons. The first-order valence-corrected chi connectivity index (χ1v) is 9.56. The number of hydrogen-bond donors (Lipinski definition) is 2. The van der Waals surface area contributed by atoms with Crippen LogP contribution in [0, 0.1) is 0 Å². The van der Waals surface area contributed by atoms with Crippen molar-refractivity contribution in [3.8, 4) is 11.5 Å². The zero-order valence-electron chi connectivity index (χ0n) is 17.0. The highest BCUT2D eigenvalue weighted by Gasteiger charge is 2.09. The van der Waals surface area contributed by atoms with Gasteiger partial charge in [0.25, 0.3) is 11.8 Å². The lowest BCUT2D eigenvalue weighted by Gasteiger charge is -2.11. The van der Waals surface area contributed by atoms with Gasteiger partial charge < -0.3 is 20.1 Å². The highest BCUT2D eigenvalue weighted by molar-refractivity contribution is 6.04. The van der Waals surface area contributed by atoms with Crippen molar-refractivity contribution in [3.05, 3.63) is 89.5 Å². The van der Waals surface area contributed by atoms with E-state index in [1.165, 1.54) is 0 Å². The van der Waals surface area contributed by atoms with Crippen molar-refractivity contribution in [2.24, 2.45) is 0 Å². The topological polar surface area (TPSA) is 76.7 Å². The summed E-state index contributed by atoms with van der Waals surface area (Å²) in [5.74, 6) is 1.12. The van der Waals surface area contributed by atoms with E-state index in [2.05, 4.69) is 10.6 Å². The van der Waals surface area contributed by atoms with Crippen LogP contribution in [0.25, 0.3) is 0 Å². The van der Waals surface area contributed by atoms with E-state index in [1.54, 1.807) is 50.6 Å². The molecule has 0 aliphatic carbocycles. The average Bonchev–Trinajstić information content (AvgIpc) is 2.80. The zero-order valence-corrected chi connectivity index (χ0v) is 17.0. The molecule has 0 fully saturated rings. The van der Waals surface area contributed by atoms with E-state index in [9.17, 15) is 9.59 Å². The summed E-state index contributed by atoms with van der Waals surface area (Å²) in [6, 6.07) is 21.3. The summed E-state index contributed by atoms with van der Waals surface area (Å²) in [4.78, 5) is 24.6. The number of carbonyl (C=O) groups excluding carboxylic acids is 2. The lowest BCUT2D eigenvalue weighted by Crippen LogP contribution is -2.25. The standard InChI is InChI=1S/C24H24N2O4/c1-29-21-12-13-22(30-2)19(16-21)14-15-25-23(27)18-8-10-20(11-9-18)26-24(28)17-6-4-3-5-7-17/h3-13,16H,14-15H2,1-2H3,(H,25,27)(H,26,28). The van der Waals surface area contributed by atoms with Crippen LogP contribution in [-0.2, 0) is 6.42 Å². The number of nitrogens with one attached hydrogen (secondary N) is 2. The Morgan fingerprint density at radius 3 is 2.17 bits per heavy atom. The Bertz CT molecular complexity index is 1000. The maximum absolute atomic E-state index is 12.4. The third kappa shape index (κ3) is 5.38. The van der Waals surface area contributed by atoms with Gasteiger partial charge in [-0.3, -0.25) is 9.59 Å². The van der Waals surface area contributed by atoms with Gasteiger partial charge in [-0.15, -0.1) is 0 Å². The van der Waals surface area contributed by atoms with Crippen molar-refractivity contribution in [1.82, 2.24) is 5.32 Å². The van der Waals surface area contributed by atoms with Crippen LogP contribution in [0.5, 0.6) is 11.5 Å². The molecule has 0 unspecified atom stereocenters. The van der Waals surface area contributed by atoms with E-state index in [1.807, 2.05) is 36.4 Å². The van der Waals surface area contributed by atoms with Gasteiger partial charge in [-0.1, -0.05) is 18.2 Å². The van der Waals surface area contributed by atoms with Crippen molar-refractivity contribution in [3.63, 3.8) is 0 Å². The minimum Gasteiger partial charge on any atom is -0.497 e. The van der Waals surface area contributed by atoms with Crippen LogP contribution in [-0.4, -0.2) is 32.6 Å². The Morgan fingerprint density at radius 1 is 0.800 bits per heavy atom. The van der Waals surface area contributed by atoms with E-state index < -0.39 is 0 Å². The molecule has 3 aromatic rings. The Hall–Kier alpha value is -3.80. The number of amides is 2. The van der Waals surface area contributed by atoms with Gasteiger partial charge in [0.2, 0.25) is 0 Å². The summed E-state index contributed by atoms with van der Waals surface area (Å²) >= 11 is 0. The second-order valence-corrected chi connectivity index (χ2v) is 6.58. The molecule has 0 heterocycles. The lowest BCUT2D eigenvalue weighted by molar-refractivity contribution is 0.0953. The molecule has 0 saturated carbocycles. The largest absolute Gasteiger partial charge is 0.497 e. The molecule has 0 aliphatic heterocycles. The van der Waals surface area contributed by atoms with E-state index in [0.29, 0.717) is 29.8 Å². The number of methoxy groups -OCH3 is 2. The fourth-order valence-electron chi connectivity index (χ4n) is 2.99. The molecule has 30 heavy (non-hydrogen) atoms. The van der Waals surface area contributed by atoms with Crippen LogP contribution in [0.1, 0.15) is 26.3 Å². The molecule has 0 atom stereocenters. The van der Waals surface area contributed by atoms with Gasteiger partial charge in [0, 0.05) is 23.4 Å². The fraction of sp³-hybridized carbons (Fsp3) is 0.167. The monoisotopic (exact) mass is 404 g/mol. The van der Waals surface area contributed by atoms with E-state index in [4.69, 9.17) is 9.47 Å². The van der Waals surface area contributed by atoms with Crippen molar-refractivity contribution >= 4 is 17.5 Å². The molecule has 0 radical (unpaired) electrons. The van der Waals surface area contributed by atoms with Crippen LogP contribution < -0.4 is 20.1 Å². The summed E-state index contributed by atoms with van der Waals surface area (Å²) in [5, 5.41) is 5.72. The first-order valence-electron chi connectivity index (χ1n) is 9.56. The molecule has 2 N–H and O–H groups in total. The zero-order chi connectivity index (χ0) is 21.3. The maximum Gasteiger partial charge on any atom is 0.255 e. The first kappa shape index (κ1) is 20.9. The number of hydrogen-bond acceptors (Lipinski definition) is 4. The molecule has 3 aromatic carbocycles. The summed E-state index contributed by atoms with van der Waals surface area (Å²) in [5.41, 5.74) is 2.68.